The Morgan fingerprint density at radius 3 is 2.82 bits per heavy atom. The predicted molar refractivity (Wildman–Crippen MR) is 59.7 cm³/mol. The highest BCUT2D eigenvalue weighted by Gasteiger charge is 2.42. The standard InChI is InChI=1S/C10H16N2O5/c1-11-10(15)5-7(4-8(14)6-13)2-3-9(10)12(16)17/h2-3,5,8-9,11,13-15H,4,6H2,1H3. The molecule has 7 nitrogen and oxygen atoms in total. The van der Waals surface area contributed by atoms with Crippen molar-refractivity contribution >= 4 is 0 Å². The van der Waals surface area contributed by atoms with E-state index in [-0.39, 0.29) is 6.42 Å². The molecule has 1 rings (SSSR count). The van der Waals surface area contributed by atoms with Crippen LogP contribution in [-0.4, -0.2) is 51.8 Å². The molecule has 17 heavy (non-hydrogen) atoms. The zero-order valence-corrected chi connectivity index (χ0v) is 9.41. The lowest BCUT2D eigenvalue weighted by atomic mass is 9.92. The van der Waals surface area contributed by atoms with Crippen LogP contribution in [0.4, 0.5) is 0 Å². The van der Waals surface area contributed by atoms with Gasteiger partial charge in [-0.1, -0.05) is 6.08 Å². The SMILES string of the molecule is CNC1(O)C=C(CC(O)CO)C=CC1[N+](=O)[O-]. The number of nitrogens with zero attached hydrogens (tertiary/aromatic N) is 1. The van der Waals surface area contributed by atoms with E-state index in [0.717, 1.165) is 0 Å². The maximum atomic E-state index is 10.7. The van der Waals surface area contributed by atoms with Crippen molar-refractivity contribution in [3.05, 3.63) is 33.9 Å². The number of aliphatic hydroxyl groups is 3. The van der Waals surface area contributed by atoms with E-state index in [1.54, 1.807) is 0 Å². The summed E-state index contributed by atoms with van der Waals surface area (Å²) in [5.74, 6) is 0. The molecule has 0 aliphatic heterocycles. The molecule has 0 saturated carbocycles. The first kappa shape index (κ1) is 13.8. The van der Waals surface area contributed by atoms with Gasteiger partial charge >= 0.3 is 0 Å². The molecule has 0 spiro atoms. The van der Waals surface area contributed by atoms with Gasteiger partial charge in [-0.2, -0.15) is 0 Å². The molecule has 0 bridgehead atoms. The molecule has 0 heterocycles. The van der Waals surface area contributed by atoms with Gasteiger partial charge in [0.1, 0.15) is 0 Å². The fourth-order valence-corrected chi connectivity index (χ4v) is 1.69. The van der Waals surface area contributed by atoms with E-state index in [2.05, 4.69) is 5.32 Å². The second-order valence-corrected chi connectivity index (χ2v) is 3.92. The highest BCUT2D eigenvalue weighted by Crippen LogP contribution is 2.23. The molecule has 0 aromatic rings. The molecule has 3 unspecified atom stereocenters. The molecule has 1 aliphatic carbocycles. The summed E-state index contributed by atoms with van der Waals surface area (Å²) >= 11 is 0. The third-order valence-corrected chi connectivity index (χ3v) is 2.66. The summed E-state index contributed by atoms with van der Waals surface area (Å²) in [6.07, 6.45) is 3.20. The minimum atomic E-state index is -1.78. The van der Waals surface area contributed by atoms with Crippen molar-refractivity contribution < 1.29 is 20.2 Å². The second kappa shape index (κ2) is 5.37. The highest BCUT2D eigenvalue weighted by atomic mass is 16.6. The van der Waals surface area contributed by atoms with Crippen molar-refractivity contribution in [2.75, 3.05) is 13.7 Å². The Balaban J connectivity index is 2.89. The van der Waals surface area contributed by atoms with Crippen LogP contribution in [0.5, 0.6) is 0 Å². The second-order valence-electron chi connectivity index (χ2n) is 3.92. The minimum Gasteiger partial charge on any atom is -0.394 e. The molecule has 0 saturated heterocycles. The normalized spacial score (nSPS) is 29.9. The van der Waals surface area contributed by atoms with E-state index in [0.29, 0.717) is 5.57 Å². The Kier molecular flexibility index (Phi) is 4.35. The van der Waals surface area contributed by atoms with Crippen molar-refractivity contribution in [2.24, 2.45) is 0 Å². The topological polar surface area (TPSA) is 116 Å². The van der Waals surface area contributed by atoms with Gasteiger partial charge in [0.05, 0.1) is 12.7 Å². The lowest BCUT2D eigenvalue weighted by Crippen LogP contribution is -2.55. The molecule has 0 fully saturated rings. The quantitative estimate of drug-likeness (QED) is 0.274. The molecule has 0 aromatic carbocycles. The van der Waals surface area contributed by atoms with Crippen LogP contribution in [0.15, 0.2) is 23.8 Å². The summed E-state index contributed by atoms with van der Waals surface area (Å²) < 4.78 is 0. The summed E-state index contributed by atoms with van der Waals surface area (Å²) in [5.41, 5.74) is -1.25. The zero-order chi connectivity index (χ0) is 13.1. The molecular formula is C10H16N2O5. The summed E-state index contributed by atoms with van der Waals surface area (Å²) in [6, 6.07) is -1.28. The maximum absolute atomic E-state index is 10.7. The number of nitrogens with one attached hydrogen (secondary N) is 1. The van der Waals surface area contributed by atoms with E-state index >= 15 is 0 Å². The first-order chi connectivity index (χ1) is 7.92. The van der Waals surface area contributed by atoms with Crippen LogP contribution in [0.2, 0.25) is 0 Å². The summed E-state index contributed by atoms with van der Waals surface area (Å²) in [5, 5.41) is 41.2. The van der Waals surface area contributed by atoms with E-state index in [4.69, 9.17) is 5.11 Å². The monoisotopic (exact) mass is 244 g/mol. The highest BCUT2D eigenvalue weighted by molar-refractivity contribution is 5.31. The van der Waals surface area contributed by atoms with E-state index in [9.17, 15) is 20.3 Å². The van der Waals surface area contributed by atoms with Crippen molar-refractivity contribution in [1.29, 1.82) is 0 Å². The molecule has 1 aliphatic rings. The average Bonchev–Trinajstić information content (AvgIpc) is 2.28. The first-order valence-corrected chi connectivity index (χ1v) is 5.16. The molecule has 3 atom stereocenters. The first-order valence-electron chi connectivity index (χ1n) is 5.16. The number of aliphatic hydroxyl groups excluding tert-OH is 2. The number of nitro groups is 1. The van der Waals surface area contributed by atoms with E-state index in [1.807, 2.05) is 0 Å². The average molecular weight is 244 g/mol. The van der Waals surface area contributed by atoms with Crippen LogP contribution in [0.3, 0.4) is 0 Å². The smallest absolute Gasteiger partial charge is 0.276 e. The lowest BCUT2D eigenvalue weighted by molar-refractivity contribution is -0.530. The molecule has 0 aromatic heterocycles. The lowest BCUT2D eigenvalue weighted by Gasteiger charge is -2.29. The largest absolute Gasteiger partial charge is 0.394 e. The third-order valence-electron chi connectivity index (χ3n) is 2.66. The van der Waals surface area contributed by atoms with Crippen LogP contribution in [0.1, 0.15) is 6.42 Å². The number of allylic oxidation sites excluding steroid dienone is 1. The van der Waals surface area contributed by atoms with Gasteiger partial charge in [0, 0.05) is 11.3 Å². The third kappa shape index (κ3) is 3.10. The molecule has 0 amide bonds. The Morgan fingerprint density at radius 2 is 2.35 bits per heavy atom. The molecule has 4 N–H and O–H groups in total. The van der Waals surface area contributed by atoms with Crippen molar-refractivity contribution in [3.8, 4) is 0 Å². The van der Waals surface area contributed by atoms with Gasteiger partial charge in [-0.25, -0.2) is 0 Å². The molecule has 0 radical (unpaired) electrons. The Labute approximate surface area is 98.2 Å². The van der Waals surface area contributed by atoms with Crippen LogP contribution in [0.25, 0.3) is 0 Å². The zero-order valence-electron chi connectivity index (χ0n) is 9.41. The molecular weight excluding hydrogens is 228 g/mol. The van der Waals surface area contributed by atoms with Crippen LogP contribution < -0.4 is 5.32 Å². The van der Waals surface area contributed by atoms with Gasteiger partial charge in [0.25, 0.3) is 6.04 Å². The number of hydrogen-bond acceptors (Lipinski definition) is 6. The van der Waals surface area contributed by atoms with Crippen molar-refractivity contribution in [3.63, 3.8) is 0 Å². The van der Waals surface area contributed by atoms with Crippen molar-refractivity contribution in [2.45, 2.75) is 24.3 Å². The Bertz CT molecular complexity index is 355. The summed E-state index contributed by atoms with van der Waals surface area (Å²) in [4.78, 5) is 10.2. The molecule has 7 heteroatoms. The minimum absolute atomic E-state index is 0.126. The fourth-order valence-electron chi connectivity index (χ4n) is 1.69. The maximum Gasteiger partial charge on any atom is 0.276 e. The Morgan fingerprint density at radius 1 is 1.71 bits per heavy atom. The van der Waals surface area contributed by atoms with E-state index in [1.165, 1.54) is 25.3 Å². The van der Waals surface area contributed by atoms with Crippen LogP contribution in [0, 0.1) is 10.1 Å². The summed E-state index contributed by atoms with van der Waals surface area (Å²) in [7, 11) is 1.41. The Hall–Kier alpha value is -1.28. The predicted octanol–water partition coefficient (Wildman–Crippen LogP) is -1.22. The van der Waals surface area contributed by atoms with Gasteiger partial charge in [-0.05, 0) is 24.8 Å². The van der Waals surface area contributed by atoms with Gasteiger partial charge in [-0.3, -0.25) is 15.4 Å². The summed E-state index contributed by atoms with van der Waals surface area (Å²) in [6.45, 7) is -0.401. The number of hydrogen-bond donors (Lipinski definition) is 4. The van der Waals surface area contributed by atoms with Gasteiger partial charge in [0.2, 0.25) is 5.72 Å². The van der Waals surface area contributed by atoms with Gasteiger partial charge in [-0.15, -0.1) is 0 Å². The van der Waals surface area contributed by atoms with Crippen LogP contribution >= 0.6 is 0 Å². The number of rotatable bonds is 5. The van der Waals surface area contributed by atoms with E-state index < -0.39 is 29.4 Å². The van der Waals surface area contributed by atoms with Gasteiger partial charge in [0.15, 0.2) is 0 Å². The van der Waals surface area contributed by atoms with Gasteiger partial charge < -0.3 is 15.3 Å². The molecule has 96 valence electrons. The van der Waals surface area contributed by atoms with Crippen molar-refractivity contribution in [1.82, 2.24) is 5.32 Å². The number of likely N-dealkylation sites (N-methyl/N-ethyl adjacent to an activating group) is 1. The van der Waals surface area contributed by atoms with Crippen LogP contribution in [-0.2, 0) is 0 Å². The fraction of sp³-hybridized carbons (Fsp3) is 0.600.